The summed E-state index contributed by atoms with van der Waals surface area (Å²) in [5, 5.41) is 18.7. The topological polar surface area (TPSA) is 98.6 Å². The number of nitriles is 1. The Morgan fingerprint density at radius 3 is 2.57 bits per heavy atom. The fourth-order valence-corrected chi connectivity index (χ4v) is 4.65. The second-order valence-electron chi connectivity index (χ2n) is 9.02. The highest BCUT2D eigenvalue weighted by atomic mass is 16.2. The van der Waals surface area contributed by atoms with Gasteiger partial charge in [-0.25, -0.2) is 9.50 Å². The molecular formula is C27H29N9O. The number of nitrogens with zero attached hydrogens (tertiary/aromatic N) is 9. The maximum Gasteiger partial charge on any atom is 0.250 e. The molecule has 0 spiro atoms. The second kappa shape index (κ2) is 10.1. The number of amides is 1. The third-order valence-corrected chi connectivity index (χ3v) is 6.70. The van der Waals surface area contributed by atoms with Gasteiger partial charge in [0.2, 0.25) is 5.91 Å². The summed E-state index contributed by atoms with van der Waals surface area (Å²) in [6.45, 7) is 9.61. The molecular weight excluding hydrogens is 466 g/mol. The molecule has 0 unspecified atom stereocenters. The van der Waals surface area contributed by atoms with Gasteiger partial charge in [-0.2, -0.15) is 15.5 Å². The largest absolute Gasteiger partial charge is 0.366 e. The molecule has 1 aliphatic rings. The molecule has 1 fully saturated rings. The van der Waals surface area contributed by atoms with Crippen molar-refractivity contribution in [1.82, 2.24) is 24.4 Å². The standard InChI is InChI=1S/C27H29N9O/c1-4-8-35-18-22(16-30-35)20-13-24(27-21(14-28)15-31-36(27)19-20)33-9-11-34(12-10-33)25-7-6-23(17-29-25)32(3)26(37)5-2/h5-7,13,15-19H,2,4,8-12H2,1,3H3. The Morgan fingerprint density at radius 1 is 1.11 bits per heavy atom. The van der Waals surface area contributed by atoms with E-state index in [0.717, 1.165) is 73.0 Å². The Balaban J connectivity index is 1.38. The molecule has 1 aliphatic heterocycles. The number of anilines is 3. The van der Waals surface area contributed by atoms with Crippen LogP contribution in [0.5, 0.6) is 0 Å². The number of aromatic nitrogens is 5. The van der Waals surface area contributed by atoms with E-state index in [1.165, 1.54) is 11.0 Å². The molecule has 0 atom stereocenters. The third-order valence-electron chi connectivity index (χ3n) is 6.70. The van der Waals surface area contributed by atoms with E-state index >= 15 is 0 Å². The molecule has 1 saturated heterocycles. The van der Waals surface area contributed by atoms with Gasteiger partial charge in [-0.15, -0.1) is 0 Å². The van der Waals surface area contributed by atoms with Gasteiger partial charge in [0.15, 0.2) is 0 Å². The Labute approximate surface area is 215 Å². The van der Waals surface area contributed by atoms with Gasteiger partial charge in [0.05, 0.1) is 35.5 Å². The van der Waals surface area contributed by atoms with Crippen molar-refractivity contribution in [2.75, 3.05) is 47.9 Å². The van der Waals surface area contributed by atoms with Crippen molar-refractivity contribution in [2.45, 2.75) is 19.9 Å². The molecule has 0 aliphatic carbocycles. The van der Waals surface area contributed by atoms with Crippen LogP contribution < -0.4 is 14.7 Å². The number of carbonyl (C=O) groups excluding carboxylic acids is 1. The van der Waals surface area contributed by atoms with E-state index in [9.17, 15) is 10.1 Å². The maximum atomic E-state index is 11.9. The van der Waals surface area contributed by atoms with Gasteiger partial charge < -0.3 is 14.7 Å². The first kappa shape index (κ1) is 24.1. The molecule has 1 amide bonds. The first-order valence-corrected chi connectivity index (χ1v) is 12.3. The summed E-state index contributed by atoms with van der Waals surface area (Å²) in [5.41, 5.74) is 5.11. The highest BCUT2D eigenvalue weighted by Gasteiger charge is 2.23. The molecule has 0 saturated carbocycles. The van der Waals surface area contributed by atoms with Gasteiger partial charge in [0.1, 0.15) is 17.4 Å². The lowest BCUT2D eigenvalue weighted by atomic mass is 10.1. The quantitative estimate of drug-likeness (QED) is 0.363. The number of pyridine rings is 2. The van der Waals surface area contributed by atoms with Gasteiger partial charge in [-0.3, -0.25) is 9.48 Å². The minimum absolute atomic E-state index is 0.175. The second-order valence-corrected chi connectivity index (χ2v) is 9.02. The van der Waals surface area contributed by atoms with Crippen LogP contribution in [-0.2, 0) is 11.3 Å². The number of hydrogen-bond donors (Lipinski definition) is 0. The average molecular weight is 496 g/mol. The van der Waals surface area contributed by atoms with E-state index in [-0.39, 0.29) is 5.91 Å². The van der Waals surface area contributed by atoms with E-state index < -0.39 is 0 Å². The van der Waals surface area contributed by atoms with Gasteiger partial charge >= 0.3 is 0 Å². The molecule has 0 radical (unpaired) electrons. The Kier molecular flexibility index (Phi) is 6.60. The van der Waals surface area contributed by atoms with E-state index in [4.69, 9.17) is 0 Å². The minimum Gasteiger partial charge on any atom is -0.366 e. The number of carbonyl (C=O) groups is 1. The summed E-state index contributed by atoms with van der Waals surface area (Å²) in [6.07, 6.45) is 11.5. The van der Waals surface area contributed by atoms with Crippen LogP contribution in [0.3, 0.4) is 0 Å². The number of aryl methyl sites for hydroxylation is 1. The SMILES string of the molecule is C=CC(=O)N(C)c1ccc(N2CCN(c3cc(-c4cnn(CCC)c4)cn4ncc(C#N)c34)CC2)nc1. The lowest BCUT2D eigenvalue weighted by Crippen LogP contribution is -2.47. The third kappa shape index (κ3) is 4.63. The summed E-state index contributed by atoms with van der Waals surface area (Å²) in [5.74, 6) is 0.693. The van der Waals surface area contributed by atoms with E-state index in [2.05, 4.69) is 56.8 Å². The number of hydrogen-bond acceptors (Lipinski definition) is 7. The fourth-order valence-electron chi connectivity index (χ4n) is 4.65. The van der Waals surface area contributed by atoms with Crippen molar-refractivity contribution in [3.63, 3.8) is 0 Å². The zero-order valence-electron chi connectivity index (χ0n) is 21.1. The van der Waals surface area contributed by atoms with Gasteiger partial charge in [-0.1, -0.05) is 13.5 Å². The van der Waals surface area contributed by atoms with Crippen LogP contribution in [0.2, 0.25) is 0 Å². The lowest BCUT2D eigenvalue weighted by Gasteiger charge is -2.37. The van der Waals surface area contributed by atoms with Crippen molar-refractivity contribution >= 4 is 28.6 Å². The molecule has 10 heteroatoms. The van der Waals surface area contributed by atoms with Crippen LogP contribution >= 0.6 is 0 Å². The van der Waals surface area contributed by atoms with Crippen LogP contribution in [0.4, 0.5) is 17.2 Å². The number of fused-ring (bicyclic) bond motifs is 1. The smallest absolute Gasteiger partial charge is 0.250 e. The molecule has 5 rings (SSSR count). The molecule has 5 heterocycles. The summed E-state index contributed by atoms with van der Waals surface area (Å²) < 4.78 is 3.75. The number of rotatable bonds is 7. The summed E-state index contributed by atoms with van der Waals surface area (Å²) in [7, 11) is 1.70. The molecule has 0 aromatic carbocycles. The molecule has 0 bridgehead atoms. The van der Waals surface area contributed by atoms with Crippen molar-refractivity contribution in [3.8, 4) is 17.2 Å². The van der Waals surface area contributed by atoms with Crippen LogP contribution in [0, 0.1) is 11.3 Å². The maximum absolute atomic E-state index is 11.9. The van der Waals surface area contributed by atoms with Gasteiger partial charge in [0.25, 0.3) is 0 Å². The normalized spacial score (nSPS) is 13.5. The molecule has 37 heavy (non-hydrogen) atoms. The van der Waals surface area contributed by atoms with E-state index in [1.54, 1.807) is 24.0 Å². The van der Waals surface area contributed by atoms with E-state index in [1.807, 2.05) is 29.2 Å². The Morgan fingerprint density at radius 2 is 1.89 bits per heavy atom. The van der Waals surface area contributed by atoms with Crippen molar-refractivity contribution < 1.29 is 4.79 Å². The zero-order chi connectivity index (χ0) is 25.9. The van der Waals surface area contributed by atoms with Gasteiger partial charge in [0, 0.05) is 63.3 Å². The predicted molar refractivity (Wildman–Crippen MR) is 144 cm³/mol. The Bertz CT molecular complexity index is 1470. The highest BCUT2D eigenvalue weighted by molar-refractivity contribution is 6.00. The molecule has 0 N–H and O–H groups in total. The molecule has 188 valence electrons. The summed E-state index contributed by atoms with van der Waals surface area (Å²) in [4.78, 5) is 22.5. The average Bonchev–Trinajstić information content (AvgIpc) is 3.59. The van der Waals surface area contributed by atoms with E-state index in [0.29, 0.717) is 5.56 Å². The van der Waals surface area contributed by atoms with Crippen LogP contribution in [0.15, 0.2) is 61.8 Å². The minimum atomic E-state index is -0.175. The lowest BCUT2D eigenvalue weighted by molar-refractivity contribution is -0.113. The fraction of sp³-hybridized carbons (Fsp3) is 0.296. The zero-order valence-corrected chi connectivity index (χ0v) is 21.1. The predicted octanol–water partition coefficient (Wildman–Crippen LogP) is 3.35. The number of piperazine rings is 1. The molecule has 4 aromatic heterocycles. The van der Waals surface area contributed by atoms with Crippen LogP contribution in [0.25, 0.3) is 16.6 Å². The number of likely N-dealkylation sites (N-methyl/N-ethyl adjacent to an activating group) is 1. The summed E-state index contributed by atoms with van der Waals surface area (Å²) in [6, 6.07) is 8.26. The first-order valence-electron chi connectivity index (χ1n) is 12.3. The summed E-state index contributed by atoms with van der Waals surface area (Å²) >= 11 is 0. The highest BCUT2D eigenvalue weighted by Crippen LogP contribution is 2.32. The molecule has 10 nitrogen and oxygen atoms in total. The van der Waals surface area contributed by atoms with Crippen molar-refractivity contribution in [3.05, 3.63) is 67.4 Å². The van der Waals surface area contributed by atoms with Crippen LogP contribution in [0.1, 0.15) is 18.9 Å². The van der Waals surface area contributed by atoms with Crippen molar-refractivity contribution in [1.29, 1.82) is 5.26 Å². The first-order chi connectivity index (χ1) is 18.0. The van der Waals surface area contributed by atoms with Gasteiger partial charge in [-0.05, 0) is 30.7 Å². The van der Waals surface area contributed by atoms with Crippen LogP contribution in [-0.4, -0.2) is 63.5 Å². The monoisotopic (exact) mass is 495 g/mol. The molecule has 4 aromatic rings. The van der Waals surface area contributed by atoms with Crippen molar-refractivity contribution in [2.24, 2.45) is 0 Å². The Hall–Kier alpha value is -4.65.